The van der Waals surface area contributed by atoms with E-state index in [-0.39, 0.29) is 12.5 Å². The Morgan fingerprint density at radius 1 is 1.17 bits per heavy atom. The average Bonchev–Trinajstić information content (AvgIpc) is 3.36. The van der Waals surface area contributed by atoms with Crippen LogP contribution in [0.2, 0.25) is 5.02 Å². The minimum absolute atomic E-state index is 0.237. The summed E-state index contributed by atoms with van der Waals surface area (Å²) in [6.07, 6.45) is 0. The first kappa shape index (κ1) is 30.0. The van der Waals surface area contributed by atoms with Crippen LogP contribution in [0.1, 0.15) is 42.1 Å². The summed E-state index contributed by atoms with van der Waals surface area (Å²) >= 11 is 11.6. The van der Waals surface area contributed by atoms with Crippen molar-refractivity contribution in [2.75, 3.05) is 23.5 Å². The summed E-state index contributed by atoms with van der Waals surface area (Å²) in [7, 11) is 1.59. The van der Waals surface area contributed by atoms with Crippen molar-refractivity contribution in [2.45, 2.75) is 45.5 Å². The van der Waals surface area contributed by atoms with E-state index in [0.717, 1.165) is 33.7 Å². The van der Waals surface area contributed by atoms with Gasteiger partial charge in [0.2, 0.25) is 11.1 Å². The molecule has 2 N–H and O–H groups in total. The normalized spacial score (nSPS) is 14.3. The molecule has 2 heterocycles. The van der Waals surface area contributed by atoms with E-state index in [0.29, 0.717) is 43.4 Å². The number of rotatable bonds is 9. The zero-order valence-corrected chi connectivity index (χ0v) is 27.1. The Balaban J connectivity index is 1.57. The van der Waals surface area contributed by atoms with Gasteiger partial charge in [-0.2, -0.15) is 4.98 Å². The van der Waals surface area contributed by atoms with E-state index in [1.54, 1.807) is 11.8 Å². The van der Waals surface area contributed by atoms with Crippen LogP contribution in [0.15, 0.2) is 75.5 Å². The van der Waals surface area contributed by atoms with Crippen LogP contribution in [-0.4, -0.2) is 33.5 Å². The highest BCUT2D eigenvalue weighted by Gasteiger charge is 2.35. The van der Waals surface area contributed by atoms with Gasteiger partial charge in [0.25, 0.3) is 5.91 Å². The number of carbonyl (C=O) groups is 1. The van der Waals surface area contributed by atoms with Crippen molar-refractivity contribution in [3.05, 3.63) is 97.6 Å². The van der Waals surface area contributed by atoms with E-state index in [1.165, 1.54) is 11.8 Å². The second-order valence-electron chi connectivity index (χ2n) is 9.78. The lowest BCUT2D eigenvalue weighted by molar-refractivity contribution is -0.113. The number of fused-ring (bicyclic) bond motifs is 1. The number of aryl methyl sites for hydroxylation is 1. The zero-order valence-electron chi connectivity index (χ0n) is 23.9. The molecule has 1 aliphatic heterocycles. The van der Waals surface area contributed by atoms with Crippen molar-refractivity contribution >= 4 is 56.8 Å². The quantitative estimate of drug-likeness (QED) is 0.175. The Morgan fingerprint density at radius 2 is 1.95 bits per heavy atom. The van der Waals surface area contributed by atoms with Crippen LogP contribution in [0.4, 0.5) is 11.6 Å². The molecule has 0 fully saturated rings. The third-order valence-electron chi connectivity index (χ3n) is 7.10. The number of halogens is 2. The minimum Gasteiger partial charge on any atom is -0.493 e. The molecule has 4 aromatic rings. The third-order valence-corrected chi connectivity index (χ3v) is 8.78. The Morgan fingerprint density at radius 3 is 2.69 bits per heavy atom. The molecule has 0 aliphatic carbocycles. The SMILES string of the molecule is CCSc1nc2n(n1)C(c1cc(Br)c(OCc3ccccc3Cl)c(OC)c1)C(C(=O)Nc1cccc(C)c1C)=C(C)N2. The predicted octanol–water partition coefficient (Wildman–Crippen LogP) is 7.94. The van der Waals surface area contributed by atoms with E-state index >= 15 is 0 Å². The van der Waals surface area contributed by atoms with Crippen molar-refractivity contribution in [3.63, 3.8) is 0 Å². The van der Waals surface area contributed by atoms with Gasteiger partial charge in [-0.25, -0.2) is 4.68 Å². The zero-order chi connectivity index (χ0) is 30.0. The van der Waals surface area contributed by atoms with Gasteiger partial charge in [-0.1, -0.05) is 60.6 Å². The molecule has 1 aliphatic rings. The van der Waals surface area contributed by atoms with E-state index < -0.39 is 6.04 Å². The van der Waals surface area contributed by atoms with E-state index in [1.807, 2.05) is 82.3 Å². The second kappa shape index (κ2) is 12.8. The van der Waals surface area contributed by atoms with Gasteiger partial charge in [-0.05, 0) is 83.4 Å². The fourth-order valence-corrected chi connectivity index (χ4v) is 6.12. The van der Waals surface area contributed by atoms with E-state index in [4.69, 9.17) is 26.2 Å². The molecular weight excluding hydrogens is 638 g/mol. The number of hydrogen-bond acceptors (Lipinski definition) is 7. The summed E-state index contributed by atoms with van der Waals surface area (Å²) in [5.74, 6) is 2.17. The summed E-state index contributed by atoms with van der Waals surface area (Å²) in [5.41, 5.74) is 5.69. The van der Waals surface area contributed by atoms with Gasteiger partial charge in [0, 0.05) is 22.0 Å². The van der Waals surface area contributed by atoms with Crippen molar-refractivity contribution in [3.8, 4) is 11.5 Å². The fraction of sp³-hybridized carbons (Fsp3) is 0.258. The Kier molecular flexibility index (Phi) is 9.15. The molecule has 42 heavy (non-hydrogen) atoms. The van der Waals surface area contributed by atoms with Crippen LogP contribution in [0.25, 0.3) is 0 Å². The molecule has 1 unspecified atom stereocenters. The van der Waals surface area contributed by atoms with Gasteiger partial charge in [0.1, 0.15) is 12.6 Å². The highest BCUT2D eigenvalue weighted by Crippen LogP contribution is 2.43. The number of allylic oxidation sites excluding steroid dienone is 1. The summed E-state index contributed by atoms with van der Waals surface area (Å²) in [4.78, 5) is 18.7. The second-order valence-corrected chi connectivity index (χ2v) is 12.3. The monoisotopic (exact) mass is 667 g/mol. The fourth-order valence-electron chi connectivity index (χ4n) is 4.80. The molecule has 5 rings (SSSR count). The van der Waals surface area contributed by atoms with Crippen LogP contribution in [0, 0.1) is 13.8 Å². The molecule has 0 radical (unpaired) electrons. The van der Waals surface area contributed by atoms with Crippen molar-refractivity contribution in [2.24, 2.45) is 0 Å². The Labute approximate surface area is 263 Å². The summed E-state index contributed by atoms with van der Waals surface area (Å²) in [6, 6.07) is 16.6. The van der Waals surface area contributed by atoms with Crippen LogP contribution >= 0.6 is 39.3 Å². The maximum absolute atomic E-state index is 14.0. The number of carbonyl (C=O) groups excluding carboxylic acids is 1. The average molecular weight is 669 g/mol. The van der Waals surface area contributed by atoms with Crippen molar-refractivity contribution in [1.29, 1.82) is 0 Å². The Bertz CT molecular complexity index is 1690. The van der Waals surface area contributed by atoms with Crippen molar-refractivity contribution in [1.82, 2.24) is 14.8 Å². The highest BCUT2D eigenvalue weighted by molar-refractivity contribution is 9.10. The smallest absolute Gasteiger partial charge is 0.255 e. The summed E-state index contributed by atoms with van der Waals surface area (Å²) in [5, 5.41) is 12.5. The summed E-state index contributed by atoms with van der Waals surface area (Å²) in [6.45, 7) is 8.20. The first-order valence-electron chi connectivity index (χ1n) is 13.4. The highest BCUT2D eigenvalue weighted by atomic mass is 79.9. The lowest BCUT2D eigenvalue weighted by Gasteiger charge is -2.29. The lowest BCUT2D eigenvalue weighted by Crippen LogP contribution is -2.31. The number of amides is 1. The maximum atomic E-state index is 14.0. The first-order chi connectivity index (χ1) is 20.2. The van der Waals surface area contributed by atoms with Gasteiger partial charge in [-0.15, -0.1) is 5.10 Å². The maximum Gasteiger partial charge on any atom is 0.255 e. The van der Waals surface area contributed by atoms with Gasteiger partial charge in [-0.3, -0.25) is 4.79 Å². The standard InChI is InChI=1S/C31H31BrClN5O3S/c1-6-42-31-36-30-34-19(4)26(29(39)35-24-13-9-10-17(2)18(24)3)27(38(30)37-31)21-14-22(32)28(25(15-21)40-5)41-16-20-11-7-8-12-23(20)33/h7-15,27H,6,16H2,1-5H3,(H,35,39)(H,34,36,37). The van der Waals surface area contributed by atoms with Gasteiger partial charge < -0.3 is 20.1 Å². The first-order valence-corrected chi connectivity index (χ1v) is 15.6. The van der Waals surface area contributed by atoms with E-state index in [2.05, 4.69) is 31.5 Å². The molecule has 1 aromatic heterocycles. The number of anilines is 2. The van der Waals surface area contributed by atoms with Crippen LogP contribution in [0.3, 0.4) is 0 Å². The summed E-state index contributed by atoms with van der Waals surface area (Å²) < 4.78 is 14.4. The number of ether oxygens (including phenoxy) is 2. The molecule has 11 heteroatoms. The third kappa shape index (κ3) is 6.02. The minimum atomic E-state index is -0.590. The molecule has 1 atom stereocenters. The number of nitrogens with zero attached hydrogens (tertiary/aromatic N) is 3. The number of methoxy groups -OCH3 is 1. The molecule has 0 spiro atoms. The van der Waals surface area contributed by atoms with E-state index in [9.17, 15) is 4.79 Å². The predicted molar refractivity (Wildman–Crippen MR) is 172 cm³/mol. The van der Waals surface area contributed by atoms with Crippen LogP contribution in [-0.2, 0) is 11.4 Å². The topological polar surface area (TPSA) is 90.3 Å². The number of aromatic nitrogens is 3. The van der Waals surface area contributed by atoms with Gasteiger partial charge >= 0.3 is 0 Å². The molecule has 0 bridgehead atoms. The number of nitrogens with one attached hydrogen (secondary N) is 2. The lowest BCUT2D eigenvalue weighted by atomic mass is 9.94. The molecule has 218 valence electrons. The van der Waals surface area contributed by atoms with Gasteiger partial charge in [0.05, 0.1) is 17.2 Å². The molecule has 8 nitrogen and oxygen atoms in total. The molecule has 0 saturated heterocycles. The molecule has 3 aromatic carbocycles. The van der Waals surface area contributed by atoms with Gasteiger partial charge in [0.15, 0.2) is 11.5 Å². The number of benzene rings is 3. The number of hydrogen-bond donors (Lipinski definition) is 2. The number of thioether (sulfide) groups is 1. The van der Waals surface area contributed by atoms with Crippen LogP contribution in [0.5, 0.6) is 11.5 Å². The Hall–Kier alpha value is -3.47. The largest absolute Gasteiger partial charge is 0.493 e. The molecule has 1 amide bonds. The van der Waals surface area contributed by atoms with Crippen LogP contribution < -0.4 is 20.1 Å². The molecular formula is C31H31BrClN5O3S. The van der Waals surface area contributed by atoms with Crippen molar-refractivity contribution < 1.29 is 14.3 Å². The molecule has 0 saturated carbocycles.